The van der Waals surface area contributed by atoms with Crippen molar-refractivity contribution in [1.29, 1.82) is 0 Å². The Balaban J connectivity index is 1.61. The van der Waals surface area contributed by atoms with Gasteiger partial charge in [-0.15, -0.1) is 0 Å². The van der Waals surface area contributed by atoms with Gasteiger partial charge in [0.05, 0.1) is 17.9 Å². The minimum absolute atomic E-state index is 0.0734. The SMILES string of the molecule is CC(C)C(NC(=O)CCN1C(=O)C2CCCCC2C1=O)c1ccc(C(C)(C)C)cc1. The lowest BCUT2D eigenvalue weighted by molar-refractivity contribution is -0.140. The monoisotopic (exact) mass is 412 g/mol. The molecule has 1 aromatic carbocycles. The van der Waals surface area contributed by atoms with E-state index in [9.17, 15) is 14.4 Å². The van der Waals surface area contributed by atoms with E-state index in [1.54, 1.807) is 0 Å². The third-order valence-electron chi connectivity index (χ3n) is 6.61. The Bertz CT molecular complexity index is 768. The first kappa shape index (κ1) is 22.5. The van der Waals surface area contributed by atoms with Gasteiger partial charge in [0.2, 0.25) is 17.7 Å². The van der Waals surface area contributed by atoms with Gasteiger partial charge in [-0.2, -0.15) is 0 Å². The fourth-order valence-corrected chi connectivity index (χ4v) is 4.74. The number of nitrogens with one attached hydrogen (secondary N) is 1. The number of imide groups is 1. The summed E-state index contributed by atoms with van der Waals surface area (Å²) in [7, 11) is 0. The van der Waals surface area contributed by atoms with Gasteiger partial charge in [-0.3, -0.25) is 19.3 Å². The molecule has 1 aromatic rings. The Morgan fingerprint density at radius 1 is 1.03 bits per heavy atom. The van der Waals surface area contributed by atoms with Crippen LogP contribution in [-0.4, -0.2) is 29.2 Å². The molecule has 0 bridgehead atoms. The summed E-state index contributed by atoms with van der Waals surface area (Å²) in [5.41, 5.74) is 2.42. The molecule has 3 amide bonds. The lowest BCUT2D eigenvalue weighted by atomic mass is 9.81. The van der Waals surface area contributed by atoms with Crippen molar-refractivity contribution in [2.45, 2.75) is 78.2 Å². The van der Waals surface area contributed by atoms with Gasteiger partial charge in [0, 0.05) is 13.0 Å². The quantitative estimate of drug-likeness (QED) is 0.706. The number of benzene rings is 1. The smallest absolute Gasteiger partial charge is 0.233 e. The van der Waals surface area contributed by atoms with Gasteiger partial charge >= 0.3 is 0 Å². The van der Waals surface area contributed by atoms with Crippen molar-refractivity contribution in [2.75, 3.05) is 6.54 Å². The van der Waals surface area contributed by atoms with E-state index >= 15 is 0 Å². The summed E-state index contributed by atoms with van der Waals surface area (Å²) in [6, 6.07) is 8.33. The number of rotatable bonds is 6. The number of hydrogen-bond donors (Lipinski definition) is 1. The fourth-order valence-electron chi connectivity index (χ4n) is 4.74. The van der Waals surface area contributed by atoms with Crippen LogP contribution in [0.2, 0.25) is 0 Å². The number of likely N-dealkylation sites (tertiary alicyclic amines) is 1. The highest BCUT2D eigenvalue weighted by molar-refractivity contribution is 6.05. The maximum atomic E-state index is 12.7. The molecule has 0 aromatic heterocycles. The molecule has 3 unspecified atom stereocenters. The van der Waals surface area contributed by atoms with E-state index in [2.05, 4.69) is 64.2 Å². The van der Waals surface area contributed by atoms with Crippen LogP contribution in [0.1, 0.15) is 83.9 Å². The van der Waals surface area contributed by atoms with Crippen LogP contribution in [0, 0.1) is 17.8 Å². The average molecular weight is 413 g/mol. The summed E-state index contributed by atoms with van der Waals surface area (Å²) in [6.07, 6.45) is 3.78. The Morgan fingerprint density at radius 2 is 1.57 bits per heavy atom. The Morgan fingerprint density at radius 3 is 2.03 bits per heavy atom. The molecular formula is C25H36N2O3. The molecule has 5 heteroatoms. The van der Waals surface area contributed by atoms with Crippen LogP contribution in [0.3, 0.4) is 0 Å². The molecule has 2 aliphatic rings. The molecule has 1 aliphatic carbocycles. The first-order valence-electron chi connectivity index (χ1n) is 11.3. The third kappa shape index (κ3) is 4.76. The minimum Gasteiger partial charge on any atom is -0.349 e. The number of carbonyl (C=O) groups is 3. The highest BCUT2D eigenvalue weighted by atomic mass is 16.2. The Hall–Kier alpha value is -2.17. The van der Waals surface area contributed by atoms with Gasteiger partial charge in [-0.05, 0) is 35.3 Å². The minimum atomic E-state index is -0.154. The van der Waals surface area contributed by atoms with Gasteiger partial charge in [0.15, 0.2) is 0 Å². The topological polar surface area (TPSA) is 66.5 Å². The summed E-state index contributed by atoms with van der Waals surface area (Å²) >= 11 is 0. The van der Waals surface area contributed by atoms with Gasteiger partial charge in [-0.25, -0.2) is 0 Å². The van der Waals surface area contributed by atoms with Crippen molar-refractivity contribution in [3.05, 3.63) is 35.4 Å². The second-order valence-electron chi connectivity index (χ2n) is 10.2. The van der Waals surface area contributed by atoms with Crippen molar-refractivity contribution in [3.63, 3.8) is 0 Å². The highest BCUT2D eigenvalue weighted by Crippen LogP contribution is 2.38. The number of amides is 3. The summed E-state index contributed by atoms with van der Waals surface area (Å²) in [5.74, 6) is -0.346. The van der Waals surface area contributed by atoms with Crippen LogP contribution in [0.15, 0.2) is 24.3 Å². The molecule has 3 rings (SSSR count). The summed E-state index contributed by atoms with van der Waals surface area (Å²) in [5, 5.41) is 3.12. The van der Waals surface area contributed by atoms with Crippen LogP contribution < -0.4 is 5.32 Å². The summed E-state index contributed by atoms with van der Waals surface area (Å²) in [4.78, 5) is 39.2. The van der Waals surface area contributed by atoms with Crippen molar-refractivity contribution in [2.24, 2.45) is 17.8 Å². The van der Waals surface area contributed by atoms with Gasteiger partial charge in [0.1, 0.15) is 0 Å². The zero-order valence-corrected chi connectivity index (χ0v) is 19.0. The van der Waals surface area contributed by atoms with E-state index in [-0.39, 0.29) is 59.9 Å². The number of carbonyl (C=O) groups excluding carboxylic acids is 3. The van der Waals surface area contributed by atoms with E-state index in [1.807, 2.05) is 0 Å². The molecule has 30 heavy (non-hydrogen) atoms. The highest BCUT2D eigenvalue weighted by Gasteiger charge is 2.47. The first-order valence-corrected chi connectivity index (χ1v) is 11.3. The molecule has 164 valence electrons. The Kier molecular flexibility index (Phi) is 6.68. The summed E-state index contributed by atoms with van der Waals surface area (Å²) < 4.78 is 0. The number of hydrogen-bond acceptors (Lipinski definition) is 3. The van der Waals surface area contributed by atoms with Gasteiger partial charge < -0.3 is 5.32 Å². The molecule has 2 fully saturated rings. The normalized spacial score (nSPS) is 22.9. The van der Waals surface area contributed by atoms with Crippen LogP contribution >= 0.6 is 0 Å². The number of fused-ring (bicyclic) bond motifs is 1. The lowest BCUT2D eigenvalue weighted by Crippen LogP contribution is -2.37. The standard InChI is InChI=1S/C25H36N2O3/c1-16(2)22(17-10-12-18(13-11-17)25(3,4)5)26-21(28)14-15-27-23(29)19-8-6-7-9-20(19)24(27)30/h10-13,16,19-20,22H,6-9,14-15H2,1-5H3,(H,26,28). The van der Waals surface area contributed by atoms with E-state index in [0.717, 1.165) is 31.2 Å². The molecule has 5 nitrogen and oxygen atoms in total. The van der Waals surface area contributed by atoms with Crippen LogP contribution in [0.25, 0.3) is 0 Å². The molecule has 0 radical (unpaired) electrons. The van der Waals surface area contributed by atoms with Crippen molar-refractivity contribution in [3.8, 4) is 0 Å². The second-order valence-corrected chi connectivity index (χ2v) is 10.2. The molecule has 1 saturated carbocycles. The van der Waals surface area contributed by atoms with E-state index in [0.29, 0.717) is 0 Å². The maximum Gasteiger partial charge on any atom is 0.233 e. The van der Waals surface area contributed by atoms with Crippen LogP contribution in [-0.2, 0) is 19.8 Å². The molecule has 0 spiro atoms. The van der Waals surface area contributed by atoms with Crippen molar-refractivity contribution >= 4 is 17.7 Å². The predicted molar refractivity (Wildman–Crippen MR) is 118 cm³/mol. The van der Waals surface area contributed by atoms with Crippen molar-refractivity contribution < 1.29 is 14.4 Å². The number of nitrogens with zero attached hydrogens (tertiary/aromatic N) is 1. The van der Waals surface area contributed by atoms with E-state index in [4.69, 9.17) is 0 Å². The first-order chi connectivity index (χ1) is 14.1. The van der Waals surface area contributed by atoms with Gasteiger partial charge in [0.25, 0.3) is 0 Å². The molecular weight excluding hydrogens is 376 g/mol. The molecule has 1 aliphatic heterocycles. The average Bonchev–Trinajstić information content (AvgIpc) is 2.94. The molecule has 1 N–H and O–H groups in total. The summed E-state index contributed by atoms with van der Waals surface area (Å²) in [6.45, 7) is 10.9. The zero-order valence-electron chi connectivity index (χ0n) is 19.0. The van der Waals surface area contributed by atoms with Crippen LogP contribution in [0.4, 0.5) is 0 Å². The largest absolute Gasteiger partial charge is 0.349 e. The predicted octanol–water partition coefficient (Wildman–Crippen LogP) is 4.36. The van der Waals surface area contributed by atoms with E-state index in [1.165, 1.54) is 10.5 Å². The third-order valence-corrected chi connectivity index (χ3v) is 6.61. The second kappa shape index (κ2) is 8.91. The lowest BCUT2D eigenvalue weighted by Gasteiger charge is -2.25. The molecule has 3 atom stereocenters. The molecule has 1 saturated heterocycles. The van der Waals surface area contributed by atoms with Crippen molar-refractivity contribution in [1.82, 2.24) is 10.2 Å². The zero-order chi connectivity index (χ0) is 22.1. The Labute approximate surface area is 180 Å². The fraction of sp³-hybridized carbons (Fsp3) is 0.640. The van der Waals surface area contributed by atoms with Crippen LogP contribution in [0.5, 0.6) is 0 Å². The van der Waals surface area contributed by atoms with Gasteiger partial charge in [-0.1, -0.05) is 71.7 Å². The maximum absolute atomic E-state index is 12.7. The molecule has 1 heterocycles. The van der Waals surface area contributed by atoms with E-state index < -0.39 is 0 Å².